The number of hydrogen-bond acceptors (Lipinski definition) is 2. The van der Waals surface area contributed by atoms with Gasteiger partial charge in [0.15, 0.2) is 0 Å². The first kappa shape index (κ1) is 30.2. The van der Waals surface area contributed by atoms with Crippen LogP contribution in [0, 0.1) is 20.8 Å². The van der Waals surface area contributed by atoms with E-state index in [0.717, 1.165) is 24.2 Å². The van der Waals surface area contributed by atoms with E-state index in [1.54, 1.807) is 0 Å². The Bertz CT molecular complexity index is 944. The van der Waals surface area contributed by atoms with E-state index in [1.165, 1.54) is 47.1 Å². The van der Waals surface area contributed by atoms with Crippen molar-refractivity contribution < 1.29 is 0 Å². The highest BCUT2D eigenvalue weighted by molar-refractivity contribution is 5.50. The Balaban J connectivity index is 0.000000512. The molecule has 0 fully saturated rings. The molecule has 0 bridgehead atoms. The number of rotatable bonds is 9. The third kappa shape index (κ3) is 11.9. The first-order valence-corrected chi connectivity index (χ1v) is 13.1. The largest absolute Gasteiger partial charge is 0.358 e. The second-order valence-corrected chi connectivity index (χ2v) is 9.46. The van der Waals surface area contributed by atoms with Gasteiger partial charge < -0.3 is 11.1 Å². The summed E-state index contributed by atoms with van der Waals surface area (Å²) in [5.41, 5.74) is 14.6. The monoisotopic (exact) mass is 472 g/mol. The van der Waals surface area contributed by atoms with Crippen LogP contribution in [-0.4, -0.2) is 5.54 Å². The van der Waals surface area contributed by atoms with Gasteiger partial charge in [-0.05, 0) is 76.6 Å². The van der Waals surface area contributed by atoms with E-state index in [2.05, 4.69) is 112 Å². The summed E-state index contributed by atoms with van der Waals surface area (Å²) in [4.78, 5) is 0. The zero-order chi connectivity index (χ0) is 26.3. The standard InChI is InChI=1S/C23H32N2.C8H10.C2H6/c1-5-6-7-20-10-12-21(13-11-20)16-17-23(4,24)19(3)25-22-14-8-18(2)9-15-22;1-7-3-5-8(2)6-4-7;1-2/h8-15,25H,3,5-7,16-17,24H2,1-2,4H3;3-6H,1-2H3;1-2H3. The van der Waals surface area contributed by atoms with Crippen molar-refractivity contribution in [3.63, 3.8) is 0 Å². The maximum Gasteiger partial charge on any atom is 0.0530 e. The number of anilines is 1. The average molecular weight is 473 g/mol. The van der Waals surface area contributed by atoms with Crippen LogP contribution in [0.15, 0.2) is 85.1 Å². The minimum absolute atomic E-state index is 0.453. The normalized spacial score (nSPS) is 11.8. The van der Waals surface area contributed by atoms with Crippen LogP contribution in [0.4, 0.5) is 5.69 Å². The highest BCUT2D eigenvalue weighted by atomic mass is 15.0. The maximum atomic E-state index is 6.52. The van der Waals surface area contributed by atoms with Crippen molar-refractivity contribution in [2.24, 2.45) is 5.73 Å². The van der Waals surface area contributed by atoms with Crippen LogP contribution in [0.1, 0.15) is 74.8 Å². The summed E-state index contributed by atoms with van der Waals surface area (Å²) in [5.74, 6) is 0. The quantitative estimate of drug-likeness (QED) is 0.326. The molecule has 0 aliphatic carbocycles. The van der Waals surface area contributed by atoms with Crippen molar-refractivity contribution in [3.05, 3.63) is 113 Å². The lowest BCUT2D eigenvalue weighted by molar-refractivity contribution is 0.508. The van der Waals surface area contributed by atoms with Gasteiger partial charge in [0.1, 0.15) is 0 Å². The van der Waals surface area contributed by atoms with E-state index in [-0.39, 0.29) is 0 Å². The number of hydrogen-bond donors (Lipinski definition) is 2. The molecular formula is C33H48N2. The molecule has 190 valence electrons. The van der Waals surface area contributed by atoms with Crippen molar-refractivity contribution in [3.8, 4) is 0 Å². The minimum atomic E-state index is -0.453. The molecule has 0 saturated heterocycles. The summed E-state index contributed by atoms with van der Waals surface area (Å²) in [6.07, 6.45) is 5.48. The van der Waals surface area contributed by atoms with Crippen molar-refractivity contribution in [1.29, 1.82) is 0 Å². The van der Waals surface area contributed by atoms with Gasteiger partial charge in [-0.25, -0.2) is 0 Å². The van der Waals surface area contributed by atoms with Gasteiger partial charge in [0.05, 0.1) is 5.54 Å². The van der Waals surface area contributed by atoms with E-state index in [1.807, 2.05) is 20.8 Å². The van der Waals surface area contributed by atoms with Crippen LogP contribution in [-0.2, 0) is 12.8 Å². The summed E-state index contributed by atoms with van der Waals surface area (Å²) in [5, 5.41) is 3.36. The SMILES string of the molecule is C=C(Nc1ccc(C)cc1)C(C)(N)CCc1ccc(CCCC)cc1.CC.Cc1ccc(C)cc1. The van der Waals surface area contributed by atoms with Crippen LogP contribution < -0.4 is 11.1 Å². The predicted octanol–water partition coefficient (Wildman–Crippen LogP) is 8.94. The van der Waals surface area contributed by atoms with E-state index < -0.39 is 5.54 Å². The van der Waals surface area contributed by atoms with Crippen molar-refractivity contribution >= 4 is 5.69 Å². The van der Waals surface area contributed by atoms with Crippen molar-refractivity contribution in [2.45, 2.75) is 86.1 Å². The second kappa shape index (κ2) is 15.9. The summed E-state index contributed by atoms with van der Waals surface area (Å²) < 4.78 is 0. The van der Waals surface area contributed by atoms with Crippen LogP contribution in [0.2, 0.25) is 0 Å². The number of unbranched alkanes of at least 4 members (excludes halogenated alkanes) is 1. The molecule has 0 radical (unpaired) electrons. The number of nitrogens with two attached hydrogens (primary N) is 1. The van der Waals surface area contributed by atoms with Gasteiger partial charge in [-0.15, -0.1) is 0 Å². The lowest BCUT2D eigenvalue weighted by atomic mass is 9.91. The molecule has 0 aliphatic rings. The third-order valence-electron chi connectivity index (χ3n) is 6.03. The minimum Gasteiger partial charge on any atom is -0.358 e. The fraction of sp³-hybridized carbons (Fsp3) is 0.394. The van der Waals surface area contributed by atoms with Crippen LogP contribution in [0.3, 0.4) is 0 Å². The lowest BCUT2D eigenvalue weighted by Crippen LogP contribution is -2.41. The topological polar surface area (TPSA) is 38.0 Å². The fourth-order valence-electron chi connectivity index (χ4n) is 3.40. The molecule has 0 aliphatic heterocycles. The molecule has 2 nitrogen and oxygen atoms in total. The maximum absolute atomic E-state index is 6.52. The summed E-state index contributed by atoms with van der Waals surface area (Å²) in [7, 11) is 0. The van der Waals surface area contributed by atoms with Crippen LogP contribution >= 0.6 is 0 Å². The molecule has 3 aromatic carbocycles. The van der Waals surface area contributed by atoms with E-state index in [0.29, 0.717) is 0 Å². The van der Waals surface area contributed by atoms with Crippen LogP contribution in [0.5, 0.6) is 0 Å². The van der Waals surface area contributed by atoms with Gasteiger partial charge in [-0.3, -0.25) is 0 Å². The van der Waals surface area contributed by atoms with Gasteiger partial charge in [-0.1, -0.05) is 111 Å². The molecule has 3 aromatic rings. The van der Waals surface area contributed by atoms with Crippen LogP contribution in [0.25, 0.3) is 0 Å². The summed E-state index contributed by atoms with van der Waals surface area (Å²) >= 11 is 0. The molecule has 1 unspecified atom stereocenters. The Morgan fingerprint density at radius 1 is 0.743 bits per heavy atom. The lowest BCUT2D eigenvalue weighted by Gasteiger charge is -2.28. The molecule has 0 heterocycles. The summed E-state index contributed by atoms with van der Waals surface area (Å²) in [6.45, 7) is 18.7. The Morgan fingerprint density at radius 2 is 1.14 bits per heavy atom. The highest BCUT2D eigenvalue weighted by Crippen LogP contribution is 2.22. The second-order valence-electron chi connectivity index (χ2n) is 9.46. The van der Waals surface area contributed by atoms with Gasteiger partial charge in [0.25, 0.3) is 0 Å². The molecule has 3 N–H and O–H groups in total. The summed E-state index contributed by atoms with van der Waals surface area (Å²) in [6, 6.07) is 25.7. The Kier molecular flexibility index (Phi) is 13.8. The highest BCUT2D eigenvalue weighted by Gasteiger charge is 2.22. The molecule has 0 saturated carbocycles. The third-order valence-corrected chi connectivity index (χ3v) is 6.03. The average Bonchev–Trinajstić information content (AvgIpc) is 2.87. The predicted molar refractivity (Wildman–Crippen MR) is 157 cm³/mol. The smallest absolute Gasteiger partial charge is 0.0530 e. The molecular weight excluding hydrogens is 424 g/mol. The molecule has 0 amide bonds. The van der Waals surface area contributed by atoms with Gasteiger partial charge in [0.2, 0.25) is 0 Å². The Labute approximate surface area is 215 Å². The number of aryl methyl sites for hydroxylation is 5. The van der Waals surface area contributed by atoms with E-state index in [4.69, 9.17) is 5.73 Å². The number of benzene rings is 3. The molecule has 0 spiro atoms. The zero-order valence-electron chi connectivity index (χ0n) is 23.2. The molecule has 3 rings (SSSR count). The molecule has 0 aromatic heterocycles. The molecule has 2 heteroatoms. The van der Waals surface area contributed by atoms with E-state index >= 15 is 0 Å². The van der Waals surface area contributed by atoms with Gasteiger partial charge >= 0.3 is 0 Å². The van der Waals surface area contributed by atoms with Gasteiger partial charge in [-0.2, -0.15) is 0 Å². The number of nitrogens with one attached hydrogen (secondary N) is 1. The fourth-order valence-corrected chi connectivity index (χ4v) is 3.40. The van der Waals surface area contributed by atoms with E-state index in [9.17, 15) is 0 Å². The Morgan fingerprint density at radius 3 is 1.57 bits per heavy atom. The molecule has 1 atom stereocenters. The first-order chi connectivity index (χ1) is 16.7. The Hall–Kier alpha value is -2.84. The van der Waals surface area contributed by atoms with Crippen molar-refractivity contribution in [1.82, 2.24) is 0 Å². The zero-order valence-corrected chi connectivity index (χ0v) is 23.2. The van der Waals surface area contributed by atoms with Crippen molar-refractivity contribution in [2.75, 3.05) is 5.32 Å². The van der Waals surface area contributed by atoms with Gasteiger partial charge in [0, 0.05) is 11.4 Å². The molecule has 35 heavy (non-hydrogen) atoms. The first-order valence-electron chi connectivity index (χ1n) is 13.1.